The Morgan fingerprint density at radius 3 is 2.54 bits per heavy atom. The summed E-state index contributed by atoms with van der Waals surface area (Å²) in [6.07, 6.45) is 8.22. The monoisotopic (exact) mass is 355 g/mol. The van der Waals surface area contributed by atoms with E-state index in [0.717, 1.165) is 13.1 Å². The largest absolute Gasteiger partial charge is 0.354 e. The summed E-state index contributed by atoms with van der Waals surface area (Å²) in [4.78, 5) is 19.0. The smallest absolute Gasteiger partial charge is 0.224 e. The van der Waals surface area contributed by atoms with Crippen LogP contribution in [0.25, 0.3) is 0 Å². The molecule has 2 heterocycles. The fourth-order valence-electron chi connectivity index (χ4n) is 3.60. The van der Waals surface area contributed by atoms with Gasteiger partial charge in [-0.15, -0.1) is 0 Å². The fraction of sp³-hybridized carbons (Fsp3) is 0.550. The highest BCUT2D eigenvalue weighted by atomic mass is 16.1. The van der Waals surface area contributed by atoms with Gasteiger partial charge in [0.05, 0.1) is 18.5 Å². The van der Waals surface area contributed by atoms with Gasteiger partial charge in [-0.3, -0.25) is 14.4 Å². The third-order valence-electron chi connectivity index (χ3n) is 5.11. The van der Waals surface area contributed by atoms with Gasteiger partial charge in [0.1, 0.15) is 12.7 Å². The molecule has 1 aliphatic heterocycles. The zero-order chi connectivity index (χ0) is 18.2. The van der Waals surface area contributed by atoms with E-state index in [9.17, 15) is 4.79 Å². The van der Waals surface area contributed by atoms with Crippen molar-refractivity contribution in [2.24, 2.45) is 5.92 Å². The second kappa shape index (κ2) is 9.48. The van der Waals surface area contributed by atoms with E-state index in [1.165, 1.54) is 37.6 Å². The van der Waals surface area contributed by atoms with E-state index in [0.29, 0.717) is 13.1 Å². The molecule has 0 aliphatic carbocycles. The lowest BCUT2D eigenvalue weighted by molar-refractivity contribution is -0.125. The third kappa shape index (κ3) is 5.14. The molecule has 2 atom stereocenters. The van der Waals surface area contributed by atoms with Crippen molar-refractivity contribution in [3.8, 4) is 0 Å². The minimum atomic E-state index is -0.141. The van der Waals surface area contributed by atoms with Crippen LogP contribution in [0, 0.1) is 5.92 Å². The Kier molecular flexibility index (Phi) is 6.77. The zero-order valence-corrected chi connectivity index (χ0v) is 15.6. The normalized spacial score (nSPS) is 18.0. The molecule has 1 aromatic carbocycles. The van der Waals surface area contributed by atoms with Gasteiger partial charge in [0.2, 0.25) is 5.91 Å². The number of likely N-dealkylation sites (tertiary alicyclic amines) is 1. The number of nitrogens with one attached hydrogen (secondary N) is 1. The van der Waals surface area contributed by atoms with Crippen molar-refractivity contribution >= 4 is 5.91 Å². The van der Waals surface area contributed by atoms with Gasteiger partial charge in [0, 0.05) is 6.54 Å². The van der Waals surface area contributed by atoms with Crippen molar-refractivity contribution in [2.75, 3.05) is 19.6 Å². The number of hydrogen-bond acceptors (Lipinski definition) is 4. The summed E-state index contributed by atoms with van der Waals surface area (Å²) in [5.41, 5.74) is 1.28. The highest BCUT2D eigenvalue weighted by Gasteiger charge is 2.23. The Labute approximate surface area is 155 Å². The maximum absolute atomic E-state index is 12.6. The van der Waals surface area contributed by atoms with Crippen LogP contribution in [-0.2, 0) is 11.3 Å². The van der Waals surface area contributed by atoms with Crippen LogP contribution in [0.4, 0.5) is 0 Å². The van der Waals surface area contributed by atoms with Crippen LogP contribution in [0.5, 0.6) is 0 Å². The molecule has 1 N–H and O–H groups in total. The number of benzene rings is 1. The second-order valence-corrected chi connectivity index (χ2v) is 7.14. The third-order valence-corrected chi connectivity index (χ3v) is 5.11. The Morgan fingerprint density at radius 2 is 1.88 bits per heavy atom. The summed E-state index contributed by atoms with van der Waals surface area (Å²) in [6.45, 7) is 5.32. The van der Waals surface area contributed by atoms with Gasteiger partial charge in [-0.25, -0.2) is 4.98 Å². The summed E-state index contributed by atoms with van der Waals surface area (Å²) >= 11 is 0. The van der Waals surface area contributed by atoms with Gasteiger partial charge in [0.25, 0.3) is 0 Å². The van der Waals surface area contributed by atoms with E-state index in [2.05, 4.69) is 44.6 Å². The molecule has 1 saturated heterocycles. The fourth-order valence-corrected chi connectivity index (χ4v) is 3.60. The molecule has 26 heavy (non-hydrogen) atoms. The first-order valence-corrected chi connectivity index (χ1v) is 9.63. The Morgan fingerprint density at radius 1 is 1.15 bits per heavy atom. The molecule has 1 aliphatic rings. The Hall–Kier alpha value is -2.21. The van der Waals surface area contributed by atoms with E-state index in [1.54, 1.807) is 11.0 Å². The molecule has 3 rings (SSSR count). The number of amides is 1. The second-order valence-electron chi connectivity index (χ2n) is 7.14. The molecule has 0 spiro atoms. The summed E-state index contributed by atoms with van der Waals surface area (Å²) in [6, 6.07) is 10.8. The molecule has 1 aromatic heterocycles. The molecular weight excluding hydrogens is 326 g/mol. The molecule has 6 nitrogen and oxygen atoms in total. The van der Waals surface area contributed by atoms with E-state index in [4.69, 9.17) is 0 Å². The standard InChI is InChI=1S/C20H29N5O/c1-17(14-25-16-21-15-23-25)20(26)22-13-19(18-9-5-4-6-10-18)24-11-7-2-3-8-12-24/h4-6,9-10,15-17,19H,2-3,7-8,11-14H2,1H3,(H,22,26)/t17-,19-/m0/s1. The van der Waals surface area contributed by atoms with Gasteiger partial charge >= 0.3 is 0 Å². The van der Waals surface area contributed by atoms with Crippen LogP contribution >= 0.6 is 0 Å². The summed E-state index contributed by atoms with van der Waals surface area (Å²) in [5.74, 6) is -0.0755. The molecule has 0 radical (unpaired) electrons. The SMILES string of the molecule is C[C@@H](Cn1cncn1)C(=O)NC[C@@H](c1ccccc1)N1CCCCCC1. The highest BCUT2D eigenvalue weighted by Crippen LogP contribution is 2.23. The lowest BCUT2D eigenvalue weighted by Crippen LogP contribution is -2.40. The van der Waals surface area contributed by atoms with Gasteiger partial charge in [-0.2, -0.15) is 5.10 Å². The van der Waals surface area contributed by atoms with Crippen molar-refractivity contribution in [1.82, 2.24) is 25.0 Å². The summed E-state index contributed by atoms with van der Waals surface area (Å²) in [7, 11) is 0. The van der Waals surface area contributed by atoms with E-state index in [-0.39, 0.29) is 17.9 Å². The topological polar surface area (TPSA) is 63.1 Å². The Balaban J connectivity index is 1.62. The quantitative estimate of drug-likeness (QED) is 0.829. The predicted molar refractivity (Wildman–Crippen MR) is 101 cm³/mol. The van der Waals surface area contributed by atoms with Gasteiger partial charge < -0.3 is 5.32 Å². The minimum Gasteiger partial charge on any atom is -0.354 e. The van der Waals surface area contributed by atoms with Crippen LogP contribution in [0.15, 0.2) is 43.0 Å². The molecule has 0 saturated carbocycles. The number of nitrogens with zero attached hydrogens (tertiary/aromatic N) is 4. The van der Waals surface area contributed by atoms with Crippen LogP contribution in [0.1, 0.15) is 44.2 Å². The number of aromatic nitrogens is 3. The number of hydrogen-bond donors (Lipinski definition) is 1. The minimum absolute atomic E-state index is 0.0660. The van der Waals surface area contributed by atoms with Gasteiger partial charge in [-0.05, 0) is 31.5 Å². The summed E-state index contributed by atoms with van der Waals surface area (Å²) < 4.78 is 1.70. The number of carbonyl (C=O) groups excluding carboxylic acids is 1. The average Bonchev–Trinajstić information content (AvgIpc) is 3.03. The molecular formula is C20H29N5O. The molecule has 1 amide bonds. The van der Waals surface area contributed by atoms with Crippen molar-refractivity contribution in [3.05, 3.63) is 48.5 Å². The van der Waals surface area contributed by atoms with Crippen molar-refractivity contribution in [3.63, 3.8) is 0 Å². The highest BCUT2D eigenvalue weighted by molar-refractivity contribution is 5.78. The first kappa shape index (κ1) is 18.6. The number of rotatable bonds is 7. The first-order chi connectivity index (χ1) is 12.7. The Bertz CT molecular complexity index is 650. The molecule has 1 fully saturated rings. The van der Waals surface area contributed by atoms with Crippen molar-refractivity contribution < 1.29 is 4.79 Å². The van der Waals surface area contributed by atoms with Gasteiger partial charge in [0.15, 0.2) is 0 Å². The average molecular weight is 355 g/mol. The zero-order valence-electron chi connectivity index (χ0n) is 15.6. The van der Waals surface area contributed by atoms with Crippen molar-refractivity contribution in [2.45, 2.75) is 45.2 Å². The molecule has 0 bridgehead atoms. The lowest BCUT2D eigenvalue weighted by atomic mass is 10.0. The van der Waals surface area contributed by atoms with Crippen LogP contribution in [0.2, 0.25) is 0 Å². The summed E-state index contributed by atoms with van der Waals surface area (Å²) in [5, 5.41) is 7.25. The van der Waals surface area contributed by atoms with Crippen LogP contribution in [-0.4, -0.2) is 45.2 Å². The predicted octanol–water partition coefficient (Wildman–Crippen LogP) is 2.65. The maximum Gasteiger partial charge on any atom is 0.224 e. The van der Waals surface area contributed by atoms with E-state index in [1.807, 2.05) is 13.0 Å². The van der Waals surface area contributed by atoms with E-state index >= 15 is 0 Å². The molecule has 2 aromatic rings. The molecule has 0 unspecified atom stereocenters. The van der Waals surface area contributed by atoms with Crippen LogP contribution < -0.4 is 5.32 Å². The van der Waals surface area contributed by atoms with E-state index < -0.39 is 0 Å². The first-order valence-electron chi connectivity index (χ1n) is 9.63. The molecule has 6 heteroatoms. The van der Waals surface area contributed by atoms with Crippen molar-refractivity contribution in [1.29, 1.82) is 0 Å². The van der Waals surface area contributed by atoms with Crippen LogP contribution in [0.3, 0.4) is 0 Å². The van der Waals surface area contributed by atoms with Gasteiger partial charge in [-0.1, -0.05) is 50.1 Å². The lowest BCUT2D eigenvalue weighted by Gasteiger charge is -2.31. The number of carbonyl (C=O) groups is 1. The maximum atomic E-state index is 12.6. The molecule has 140 valence electrons.